The standard InChI is InChI=1S/C26H18F2O/c1-29-17-20-7-11-22(12-8-20)21-9-4-18(5-10-21)2-3-19-6-13-23-15-25(27)26(28)16-24(23)14-19/h4-16H,17H2,1H3. The lowest BCUT2D eigenvalue weighted by Crippen LogP contribution is -1.87. The summed E-state index contributed by atoms with van der Waals surface area (Å²) in [5, 5.41) is 1.28. The van der Waals surface area contributed by atoms with Crippen LogP contribution < -0.4 is 0 Å². The van der Waals surface area contributed by atoms with Crippen molar-refractivity contribution in [3.8, 4) is 23.0 Å². The topological polar surface area (TPSA) is 9.23 Å². The second kappa shape index (κ2) is 8.26. The van der Waals surface area contributed by atoms with Gasteiger partial charge in [0.1, 0.15) is 0 Å². The number of methoxy groups -OCH3 is 1. The Labute approximate surface area is 168 Å². The second-order valence-corrected chi connectivity index (χ2v) is 6.79. The van der Waals surface area contributed by atoms with Gasteiger partial charge in [-0.15, -0.1) is 0 Å². The third-order valence-electron chi connectivity index (χ3n) is 4.71. The fourth-order valence-electron chi connectivity index (χ4n) is 3.17. The van der Waals surface area contributed by atoms with Crippen LogP contribution in [0.1, 0.15) is 16.7 Å². The molecule has 4 aromatic rings. The first-order chi connectivity index (χ1) is 14.1. The van der Waals surface area contributed by atoms with E-state index in [0.717, 1.165) is 27.8 Å². The number of hydrogen-bond donors (Lipinski definition) is 0. The van der Waals surface area contributed by atoms with Crippen molar-refractivity contribution >= 4 is 10.8 Å². The minimum absolute atomic E-state index is 0.602. The molecule has 0 aliphatic carbocycles. The Balaban J connectivity index is 1.54. The van der Waals surface area contributed by atoms with E-state index in [1.807, 2.05) is 30.3 Å². The van der Waals surface area contributed by atoms with Crippen molar-refractivity contribution in [1.82, 2.24) is 0 Å². The molecule has 0 aromatic heterocycles. The van der Waals surface area contributed by atoms with E-state index in [4.69, 9.17) is 4.74 Å². The Hall–Kier alpha value is -3.48. The second-order valence-electron chi connectivity index (χ2n) is 6.79. The lowest BCUT2D eigenvalue weighted by Gasteiger charge is -2.04. The monoisotopic (exact) mass is 384 g/mol. The molecule has 0 aliphatic rings. The largest absolute Gasteiger partial charge is 0.380 e. The van der Waals surface area contributed by atoms with Gasteiger partial charge in [-0.25, -0.2) is 8.78 Å². The molecular formula is C26H18F2O. The van der Waals surface area contributed by atoms with Crippen molar-refractivity contribution < 1.29 is 13.5 Å². The summed E-state index contributed by atoms with van der Waals surface area (Å²) in [5.41, 5.74) is 5.02. The van der Waals surface area contributed by atoms with Crippen LogP contribution in [0, 0.1) is 23.5 Å². The molecule has 1 nitrogen and oxygen atoms in total. The number of fused-ring (bicyclic) bond motifs is 1. The summed E-state index contributed by atoms with van der Waals surface area (Å²) < 4.78 is 31.9. The van der Waals surface area contributed by atoms with Gasteiger partial charge in [0.05, 0.1) is 6.61 Å². The van der Waals surface area contributed by atoms with Gasteiger partial charge in [-0.05, 0) is 63.9 Å². The molecule has 0 saturated carbocycles. The Kier molecular flexibility index (Phi) is 5.37. The average molecular weight is 384 g/mol. The predicted octanol–water partition coefficient (Wildman–Crippen LogP) is 6.33. The van der Waals surface area contributed by atoms with Crippen LogP contribution >= 0.6 is 0 Å². The molecule has 0 fully saturated rings. The van der Waals surface area contributed by atoms with Crippen LogP contribution in [0.2, 0.25) is 0 Å². The van der Waals surface area contributed by atoms with Crippen LogP contribution in [-0.4, -0.2) is 7.11 Å². The molecule has 0 bridgehead atoms. The van der Waals surface area contributed by atoms with E-state index < -0.39 is 11.6 Å². The zero-order chi connectivity index (χ0) is 20.2. The summed E-state index contributed by atoms with van der Waals surface area (Å²) >= 11 is 0. The Morgan fingerprint density at radius 3 is 1.86 bits per heavy atom. The van der Waals surface area contributed by atoms with Gasteiger partial charge >= 0.3 is 0 Å². The lowest BCUT2D eigenvalue weighted by atomic mass is 10.0. The van der Waals surface area contributed by atoms with Gasteiger partial charge in [0.25, 0.3) is 0 Å². The molecule has 3 heteroatoms. The molecule has 0 radical (unpaired) electrons. The minimum atomic E-state index is -0.853. The van der Waals surface area contributed by atoms with Gasteiger partial charge in [-0.2, -0.15) is 0 Å². The van der Waals surface area contributed by atoms with Gasteiger partial charge in [-0.1, -0.05) is 54.3 Å². The summed E-state index contributed by atoms with van der Waals surface area (Å²) in [5.74, 6) is 4.51. The maximum absolute atomic E-state index is 13.5. The summed E-state index contributed by atoms with van der Waals surface area (Å²) in [6.07, 6.45) is 0. The highest BCUT2D eigenvalue weighted by Gasteiger charge is 2.04. The van der Waals surface area contributed by atoms with Crippen molar-refractivity contribution in [2.75, 3.05) is 7.11 Å². The molecule has 4 rings (SSSR count). The molecule has 0 heterocycles. The van der Waals surface area contributed by atoms with E-state index in [9.17, 15) is 8.78 Å². The Morgan fingerprint density at radius 2 is 1.21 bits per heavy atom. The fraction of sp³-hybridized carbons (Fsp3) is 0.0769. The highest BCUT2D eigenvalue weighted by molar-refractivity contribution is 5.84. The first kappa shape index (κ1) is 18.9. The first-order valence-electron chi connectivity index (χ1n) is 9.21. The van der Waals surface area contributed by atoms with E-state index in [-0.39, 0.29) is 0 Å². The van der Waals surface area contributed by atoms with E-state index in [1.165, 1.54) is 12.1 Å². The van der Waals surface area contributed by atoms with Crippen LogP contribution in [0.3, 0.4) is 0 Å². The summed E-state index contributed by atoms with van der Waals surface area (Å²) in [6.45, 7) is 0.602. The SMILES string of the molecule is COCc1ccc(-c2ccc(C#Cc3ccc4cc(F)c(F)cc4c3)cc2)cc1. The van der Waals surface area contributed by atoms with Crippen LogP contribution in [0.15, 0.2) is 78.9 Å². The average Bonchev–Trinajstić information content (AvgIpc) is 2.74. The van der Waals surface area contributed by atoms with Crippen LogP contribution in [0.5, 0.6) is 0 Å². The lowest BCUT2D eigenvalue weighted by molar-refractivity contribution is 0.185. The van der Waals surface area contributed by atoms with Crippen molar-refractivity contribution in [2.24, 2.45) is 0 Å². The van der Waals surface area contributed by atoms with Crippen LogP contribution in [0.25, 0.3) is 21.9 Å². The Bertz CT molecular complexity index is 1210. The highest BCUT2D eigenvalue weighted by atomic mass is 19.2. The molecule has 0 N–H and O–H groups in total. The van der Waals surface area contributed by atoms with Crippen molar-refractivity contribution in [2.45, 2.75) is 6.61 Å². The zero-order valence-corrected chi connectivity index (χ0v) is 15.9. The summed E-state index contributed by atoms with van der Waals surface area (Å²) in [6, 6.07) is 24.0. The van der Waals surface area contributed by atoms with Gasteiger partial charge in [0, 0.05) is 18.2 Å². The molecule has 0 atom stereocenters. The number of benzene rings is 4. The quantitative estimate of drug-likeness (QED) is 0.375. The molecule has 0 amide bonds. The Morgan fingerprint density at radius 1 is 0.655 bits per heavy atom. The molecular weight excluding hydrogens is 366 g/mol. The van der Waals surface area contributed by atoms with E-state index in [1.54, 1.807) is 19.2 Å². The van der Waals surface area contributed by atoms with E-state index in [0.29, 0.717) is 17.4 Å². The van der Waals surface area contributed by atoms with Crippen molar-refractivity contribution in [1.29, 1.82) is 0 Å². The van der Waals surface area contributed by atoms with E-state index >= 15 is 0 Å². The van der Waals surface area contributed by atoms with Gasteiger partial charge in [0.2, 0.25) is 0 Å². The molecule has 0 spiro atoms. The van der Waals surface area contributed by atoms with Gasteiger partial charge in [0.15, 0.2) is 11.6 Å². The molecule has 29 heavy (non-hydrogen) atoms. The molecule has 0 saturated heterocycles. The van der Waals surface area contributed by atoms with Crippen molar-refractivity contribution in [3.05, 3.63) is 107 Å². The smallest absolute Gasteiger partial charge is 0.159 e. The van der Waals surface area contributed by atoms with Crippen LogP contribution in [-0.2, 0) is 11.3 Å². The summed E-state index contributed by atoms with van der Waals surface area (Å²) in [7, 11) is 1.68. The first-order valence-corrected chi connectivity index (χ1v) is 9.21. The normalized spacial score (nSPS) is 10.6. The number of halogens is 2. The third-order valence-corrected chi connectivity index (χ3v) is 4.71. The molecule has 0 unspecified atom stereocenters. The van der Waals surface area contributed by atoms with Crippen molar-refractivity contribution in [3.63, 3.8) is 0 Å². The van der Waals surface area contributed by atoms with Gasteiger partial charge in [-0.3, -0.25) is 0 Å². The van der Waals surface area contributed by atoms with Gasteiger partial charge < -0.3 is 4.74 Å². The number of ether oxygens (including phenoxy) is 1. The maximum atomic E-state index is 13.5. The minimum Gasteiger partial charge on any atom is -0.380 e. The molecule has 0 aliphatic heterocycles. The number of rotatable bonds is 3. The highest BCUT2D eigenvalue weighted by Crippen LogP contribution is 2.21. The van der Waals surface area contributed by atoms with E-state index in [2.05, 4.69) is 36.1 Å². The third kappa shape index (κ3) is 4.34. The fourth-order valence-corrected chi connectivity index (χ4v) is 3.17. The maximum Gasteiger partial charge on any atom is 0.159 e. The molecule has 142 valence electrons. The zero-order valence-electron chi connectivity index (χ0n) is 15.9. The van der Waals surface area contributed by atoms with Crippen LogP contribution in [0.4, 0.5) is 8.78 Å². The molecule has 4 aromatic carbocycles. The predicted molar refractivity (Wildman–Crippen MR) is 112 cm³/mol. The number of hydrogen-bond acceptors (Lipinski definition) is 1. The summed E-state index contributed by atoms with van der Waals surface area (Å²) in [4.78, 5) is 0.